The quantitative estimate of drug-likeness (QED) is 0.551. The molecule has 0 bridgehead atoms. The van der Waals surface area contributed by atoms with E-state index in [0.29, 0.717) is 6.54 Å². The summed E-state index contributed by atoms with van der Waals surface area (Å²) in [5.74, 6) is -1.92. The Labute approximate surface area is 201 Å². The largest absolute Gasteiger partial charge is 0.480 e. The summed E-state index contributed by atoms with van der Waals surface area (Å²) in [6, 6.07) is 7.39. The van der Waals surface area contributed by atoms with E-state index >= 15 is 0 Å². The first-order valence-corrected chi connectivity index (χ1v) is 11.8. The number of rotatable bonds is 4. The Kier molecular flexibility index (Phi) is 6.26. The molecule has 9 nitrogen and oxygen atoms in total. The Morgan fingerprint density at radius 2 is 2.06 bits per heavy atom. The minimum atomic E-state index is -0.812. The van der Waals surface area contributed by atoms with E-state index in [2.05, 4.69) is 22.2 Å². The van der Waals surface area contributed by atoms with Gasteiger partial charge in [-0.05, 0) is 56.4 Å². The molecule has 1 aromatic carbocycles. The first-order valence-electron chi connectivity index (χ1n) is 11.0. The number of carbonyl (C=O) groups excluding carboxylic acids is 3. The zero-order valence-electron chi connectivity index (χ0n) is 19.5. The standard InChI is InChI=1S/C24H27N5O4S/c1-13-7-8-24(3,15-5-6-19-18(9-15)27-14(2)34-19)29(12-13)23(32)21(31)28-16-10-17(20(25)30)22(33-4)26-11-16/h5-6,9-11,13H,7-8,12H2,1-4H3,(H2,25,30)(H,28,31)/t13-,24-/m0/s1. The normalized spacial score (nSPS) is 20.2. The Morgan fingerprint density at radius 3 is 2.76 bits per heavy atom. The maximum absolute atomic E-state index is 13.4. The molecule has 2 aromatic heterocycles. The monoisotopic (exact) mass is 481 g/mol. The van der Waals surface area contributed by atoms with Gasteiger partial charge in [0.1, 0.15) is 5.56 Å². The number of nitrogens with one attached hydrogen (secondary N) is 1. The van der Waals surface area contributed by atoms with E-state index in [4.69, 9.17) is 10.5 Å². The van der Waals surface area contributed by atoms with Crippen LogP contribution in [0.3, 0.4) is 0 Å². The summed E-state index contributed by atoms with van der Waals surface area (Å²) in [4.78, 5) is 48.3. The van der Waals surface area contributed by atoms with Gasteiger partial charge in [-0.1, -0.05) is 13.0 Å². The summed E-state index contributed by atoms with van der Waals surface area (Å²) >= 11 is 1.62. The Bertz CT molecular complexity index is 1290. The van der Waals surface area contributed by atoms with E-state index in [0.717, 1.165) is 33.6 Å². The molecule has 3 N–H and O–H groups in total. The number of piperidine rings is 1. The first kappa shape index (κ1) is 23.6. The average Bonchev–Trinajstić information content (AvgIpc) is 3.19. The molecular weight excluding hydrogens is 454 g/mol. The highest BCUT2D eigenvalue weighted by molar-refractivity contribution is 7.18. The zero-order valence-corrected chi connectivity index (χ0v) is 20.4. The lowest BCUT2D eigenvalue weighted by atomic mass is 9.79. The lowest BCUT2D eigenvalue weighted by Gasteiger charge is -2.47. The summed E-state index contributed by atoms with van der Waals surface area (Å²) in [5, 5.41) is 3.53. The van der Waals surface area contributed by atoms with E-state index in [1.165, 1.54) is 19.4 Å². The second kappa shape index (κ2) is 9.02. The number of hydrogen-bond acceptors (Lipinski definition) is 7. The molecule has 1 fully saturated rings. The fraction of sp³-hybridized carbons (Fsp3) is 0.375. The van der Waals surface area contributed by atoms with E-state index < -0.39 is 23.3 Å². The van der Waals surface area contributed by atoms with Crippen molar-refractivity contribution in [1.29, 1.82) is 0 Å². The number of pyridine rings is 1. The van der Waals surface area contributed by atoms with Crippen molar-refractivity contribution in [1.82, 2.24) is 14.9 Å². The molecule has 178 valence electrons. The number of nitrogens with two attached hydrogens (primary N) is 1. The van der Waals surface area contributed by atoms with Crippen LogP contribution in [0.5, 0.6) is 5.88 Å². The number of nitrogens with zero attached hydrogens (tertiary/aromatic N) is 3. The third kappa shape index (κ3) is 4.33. The van der Waals surface area contributed by atoms with Crippen LogP contribution in [0.25, 0.3) is 10.2 Å². The molecule has 1 aliphatic heterocycles. The number of primary amides is 1. The van der Waals surface area contributed by atoms with E-state index in [1.54, 1.807) is 16.2 Å². The molecule has 0 aliphatic carbocycles. The second-order valence-electron chi connectivity index (χ2n) is 8.85. The fourth-order valence-corrected chi connectivity index (χ4v) is 5.23. The van der Waals surface area contributed by atoms with Crippen LogP contribution >= 0.6 is 11.3 Å². The molecule has 0 spiro atoms. The van der Waals surface area contributed by atoms with E-state index in [1.807, 2.05) is 32.0 Å². The maximum Gasteiger partial charge on any atom is 0.313 e. The molecular formula is C24H27N5O4S. The molecule has 1 aliphatic rings. The minimum absolute atomic E-state index is 0.0102. The molecule has 3 aromatic rings. The number of amides is 3. The minimum Gasteiger partial charge on any atom is -0.480 e. The van der Waals surface area contributed by atoms with Crippen LogP contribution in [-0.2, 0) is 15.1 Å². The van der Waals surface area contributed by atoms with Crippen LogP contribution in [0.15, 0.2) is 30.5 Å². The highest BCUT2D eigenvalue weighted by Crippen LogP contribution is 2.40. The number of thiazole rings is 1. The Hall–Kier alpha value is -3.53. The first-order chi connectivity index (χ1) is 16.1. The van der Waals surface area contributed by atoms with Gasteiger partial charge in [-0.15, -0.1) is 11.3 Å². The zero-order chi connectivity index (χ0) is 24.6. The molecule has 1 saturated heterocycles. The van der Waals surface area contributed by atoms with Crippen LogP contribution in [-0.4, -0.2) is 46.2 Å². The number of ether oxygens (including phenoxy) is 1. The van der Waals surface area contributed by atoms with Crippen molar-refractivity contribution in [2.24, 2.45) is 11.7 Å². The van der Waals surface area contributed by atoms with Crippen molar-refractivity contribution in [3.8, 4) is 5.88 Å². The van der Waals surface area contributed by atoms with Gasteiger partial charge in [0.15, 0.2) is 0 Å². The number of likely N-dealkylation sites (tertiary alicyclic amines) is 1. The molecule has 3 heterocycles. The Morgan fingerprint density at radius 1 is 1.29 bits per heavy atom. The van der Waals surface area contributed by atoms with Crippen LogP contribution in [0.2, 0.25) is 0 Å². The number of anilines is 1. The van der Waals surface area contributed by atoms with Crippen molar-refractivity contribution in [3.63, 3.8) is 0 Å². The highest BCUT2D eigenvalue weighted by Gasteiger charge is 2.43. The SMILES string of the molecule is COc1ncc(NC(=O)C(=O)N2C[C@@H](C)CC[C@@]2(C)c2ccc3sc(C)nc3c2)cc1C(N)=O. The number of benzene rings is 1. The van der Waals surface area contributed by atoms with Gasteiger partial charge in [-0.2, -0.15) is 0 Å². The Balaban J connectivity index is 1.63. The van der Waals surface area contributed by atoms with Crippen LogP contribution in [0, 0.1) is 12.8 Å². The van der Waals surface area contributed by atoms with Crippen molar-refractivity contribution in [3.05, 3.63) is 46.6 Å². The van der Waals surface area contributed by atoms with Gasteiger partial charge >= 0.3 is 11.8 Å². The van der Waals surface area contributed by atoms with Crippen LogP contribution in [0.1, 0.15) is 47.6 Å². The number of aryl methyl sites for hydroxylation is 1. The molecule has 0 unspecified atom stereocenters. The smallest absolute Gasteiger partial charge is 0.313 e. The fourth-order valence-electron chi connectivity index (χ4n) is 4.42. The molecule has 2 atom stereocenters. The van der Waals surface area contributed by atoms with Crippen molar-refractivity contribution in [2.45, 2.75) is 39.2 Å². The summed E-state index contributed by atoms with van der Waals surface area (Å²) in [5.41, 5.74) is 6.73. The van der Waals surface area contributed by atoms with E-state index in [9.17, 15) is 14.4 Å². The van der Waals surface area contributed by atoms with Crippen molar-refractivity contribution in [2.75, 3.05) is 19.0 Å². The van der Waals surface area contributed by atoms with Gasteiger partial charge in [0.25, 0.3) is 5.91 Å². The summed E-state index contributed by atoms with van der Waals surface area (Å²) in [7, 11) is 1.36. The van der Waals surface area contributed by atoms with Crippen LogP contribution < -0.4 is 15.8 Å². The predicted octanol–water partition coefficient (Wildman–Crippen LogP) is 3.22. The molecule has 4 rings (SSSR count). The summed E-state index contributed by atoms with van der Waals surface area (Å²) in [6.07, 6.45) is 2.96. The van der Waals surface area contributed by atoms with Gasteiger partial charge in [-0.3, -0.25) is 14.4 Å². The number of aromatic nitrogens is 2. The van der Waals surface area contributed by atoms with E-state index in [-0.39, 0.29) is 23.0 Å². The number of hydrogen-bond donors (Lipinski definition) is 2. The predicted molar refractivity (Wildman–Crippen MR) is 130 cm³/mol. The van der Waals surface area contributed by atoms with Crippen molar-refractivity contribution < 1.29 is 19.1 Å². The highest BCUT2D eigenvalue weighted by atomic mass is 32.1. The second-order valence-corrected chi connectivity index (χ2v) is 10.1. The molecule has 3 amide bonds. The molecule has 10 heteroatoms. The number of carbonyl (C=O) groups is 3. The van der Waals surface area contributed by atoms with Gasteiger partial charge in [0.2, 0.25) is 5.88 Å². The van der Waals surface area contributed by atoms with Crippen molar-refractivity contribution >= 4 is 45.0 Å². The molecule has 0 saturated carbocycles. The maximum atomic E-state index is 13.4. The average molecular weight is 482 g/mol. The van der Waals surface area contributed by atoms with Gasteiger partial charge in [0, 0.05) is 6.54 Å². The molecule has 0 radical (unpaired) electrons. The number of methoxy groups -OCH3 is 1. The topological polar surface area (TPSA) is 128 Å². The van der Waals surface area contributed by atoms with Gasteiger partial charge in [-0.25, -0.2) is 9.97 Å². The van der Waals surface area contributed by atoms with Crippen LogP contribution in [0.4, 0.5) is 5.69 Å². The number of fused-ring (bicyclic) bond motifs is 1. The third-order valence-electron chi connectivity index (χ3n) is 6.34. The molecule has 34 heavy (non-hydrogen) atoms. The van der Waals surface area contributed by atoms with Gasteiger partial charge < -0.3 is 20.7 Å². The summed E-state index contributed by atoms with van der Waals surface area (Å²) < 4.78 is 6.11. The summed E-state index contributed by atoms with van der Waals surface area (Å²) in [6.45, 7) is 6.47. The lowest BCUT2D eigenvalue weighted by molar-refractivity contribution is -0.150. The lowest BCUT2D eigenvalue weighted by Crippen LogP contribution is -2.55. The van der Waals surface area contributed by atoms with Gasteiger partial charge in [0.05, 0.1) is 39.8 Å². The third-order valence-corrected chi connectivity index (χ3v) is 7.29.